The second-order valence-corrected chi connectivity index (χ2v) is 4.29. The summed E-state index contributed by atoms with van der Waals surface area (Å²) in [7, 11) is 0. The van der Waals surface area contributed by atoms with Crippen LogP contribution in [0.4, 0.5) is 0 Å². The monoisotopic (exact) mass is 185 g/mol. The Kier molecular flexibility index (Phi) is 3.72. The van der Waals surface area contributed by atoms with Crippen molar-refractivity contribution in [3.05, 3.63) is 0 Å². The Hall–Kier alpha value is -0.570. The molecule has 1 aliphatic rings. The highest BCUT2D eigenvalue weighted by Crippen LogP contribution is 2.31. The third-order valence-electron chi connectivity index (χ3n) is 2.95. The number of carbonyl (C=O) groups is 1. The van der Waals surface area contributed by atoms with Crippen LogP contribution in [0.5, 0.6) is 0 Å². The van der Waals surface area contributed by atoms with Gasteiger partial charge in [-0.1, -0.05) is 13.3 Å². The fourth-order valence-corrected chi connectivity index (χ4v) is 1.91. The minimum atomic E-state index is -0.715. The molecule has 0 saturated heterocycles. The van der Waals surface area contributed by atoms with Crippen molar-refractivity contribution in [3.63, 3.8) is 0 Å². The van der Waals surface area contributed by atoms with Crippen LogP contribution in [0.25, 0.3) is 0 Å². The van der Waals surface area contributed by atoms with Gasteiger partial charge in [-0.3, -0.25) is 4.79 Å². The van der Waals surface area contributed by atoms with Crippen LogP contribution in [0.15, 0.2) is 0 Å². The SMILES string of the molecule is C[C@H](CC(=O)O)C[C@@H](N)C1CCC1. The first-order valence-electron chi connectivity index (χ1n) is 5.07. The van der Waals surface area contributed by atoms with Gasteiger partial charge >= 0.3 is 5.97 Å². The lowest BCUT2D eigenvalue weighted by Gasteiger charge is -2.32. The maximum absolute atomic E-state index is 10.4. The molecule has 0 aliphatic heterocycles. The number of carboxylic acid groups (broad SMARTS) is 1. The van der Waals surface area contributed by atoms with E-state index in [2.05, 4.69) is 0 Å². The van der Waals surface area contributed by atoms with Gasteiger partial charge in [-0.2, -0.15) is 0 Å². The zero-order chi connectivity index (χ0) is 9.84. The van der Waals surface area contributed by atoms with Gasteiger partial charge in [0.1, 0.15) is 0 Å². The van der Waals surface area contributed by atoms with E-state index in [9.17, 15) is 4.79 Å². The summed E-state index contributed by atoms with van der Waals surface area (Å²) in [6.07, 6.45) is 4.88. The Morgan fingerprint density at radius 2 is 2.23 bits per heavy atom. The lowest BCUT2D eigenvalue weighted by atomic mass is 9.77. The molecule has 76 valence electrons. The molecule has 0 amide bonds. The highest BCUT2D eigenvalue weighted by molar-refractivity contribution is 5.66. The van der Waals surface area contributed by atoms with Crippen molar-refractivity contribution in [2.45, 2.75) is 45.1 Å². The van der Waals surface area contributed by atoms with E-state index >= 15 is 0 Å². The predicted octanol–water partition coefficient (Wildman–Crippen LogP) is 1.61. The number of hydrogen-bond acceptors (Lipinski definition) is 2. The fraction of sp³-hybridized carbons (Fsp3) is 0.900. The molecule has 3 heteroatoms. The molecule has 2 atom stereocenters. The van der Waals surface area contributed by atoms with Crippen LogP contribution in [-0.4, -0.2) is 17.1 Å². The first-order chi connectivity index (χ1) is 6.09. The molecular weight excluding hydrogens is 166 g/mol. The van der Waals surface area contributed by atoms with Crippen molar-refractivity contribution in [3.8, 4) is 0 Å². The van der Waals surface area contributed by atoms with E-state index < -0.39 is 5.97 Å². The maximum atomic E-state index is 10.4. The summed E-state index contributed by atoms with van der Waals surface area (Å²) < 4.78 is 0. The third-order valence-corrected chi connectivity index (χ3v) is 2.95. The average molecular weight is 185 g/mol. The van der Waals surface area contributed by atoms with E-state index in [0.717, 1.165) is 6.42 Å². The highest BCUT2D eigenvalue weighted by atomic mass is 16.4. The molecule has 1 aliphatic carbocycles. The van der Waals surface area contributed by atoms with Crippen LogP contribution in [-0.2, 0) is 4.79 Å². The van der Waals surface area contributed by atoms with Gasteiger partial charge in [0.15, 0.2) is 0 Å². The summed E-state index contributed by atoms with van der Waals surface area (Å²) in [5.74, 6) is 0.164. The molecule has 0 aromatic carbocycles. The van der Waals surface area contributed by atoms with Crippen molar-refractivity contribution in [2.24, 2.45) is 17.6 Å². The molecule has 3 N–H and O–H groups in total. The van der Waals surface area contributed by atoms with Crippen LogP contribution < -0.4 is 5.73 Å². The zero-order valence-electron chi connectivity index (χ0n) is 8.20. The molecule has 3 nitrogen and oxygen atoms in total. The van der Waals surface area contributed by atoms with Crippen molar-refractivity contribution >= 4 is 5.97 Å². The Labute approximate surface area is 79.3 Å². The van der Waals surface area contributed by atoms with E-state index in [1.165, 1.54) is 19.3 Å². The van der Waals surface area contributed by atoms with Crippen molar-refractivity contribution < 1.29 is 9.90 Å². The van der Waals surface area contributed by atoms with Gasteiger partial charge in [0.2, 0.25) is 0 Å². The van der Waals surface area contributed by atoms with E-state index in [1.807, 2.05) is 6.92 Å². The topological polar surface area (TPSA) is 63.3 Å². The number of rotatable bonds is 5. The summed E-state index contributed by atoms with van der Waals surface area (Å²) in [6, 6.07) is 0.225. The lowest BCUT2D eigenvalue weighted by Crippen LogP contribution is -2.36. The van der Waals surface area contributed by atoms with Gasteiger partial charge in [-0.15, -0.1) is 0 Å². The third kappa shape index (κ3) is 3.35. The number of carboxylic acids is 1. The van der Waals surface area contributed by atoms with Gasteiger partial charge in [0.25, 0.3) is 0 Å². The van der Waals surface area contributed by atoms with Crippen LogP contribution in [0.3, 0.4) is 0 Å². The molecule has 0 aromatic rings. The predicted molar refractivity (Wildman–Crippen MR) is 51.4 cm³/mol. The molecule has 1 fully saturated rings. The summed E-state index contributed by atoms with van der Waals surface area (Å²) in [4.78, 5) is 10.4. The maximum Gasteiger partial charge on any atom is 0.303 e. The van der Waals surface area contributed by atoms with Crippen LogP contribution in [0, 0.1) is 11.8 Å². The molecule has 0 unspecified atom stereocenters. The van der Waals surface area contributed by atoms with E-state index in [4.69, 9.17) is 10.8 Å². The Bertz CT molecular complexity index is 178. The normalized spacial score (nSPS) is 22.0. The van der Waals surface area contributed by atoms with Crippen LogP contribution in [0.2, 0.25) is 0 Å². The fourth-order valence-electron chi connectivity index (χ4n) is 1.91. The minimum Gasteiger partial charge on any atom is -0.481 e. The largest absolute Gasteiger partial charge is 0.481 e. The summed E-state index contributed by atoms with van der Waals surface area (Å²) in [5.41, 5.74) is 5.96. The van der Waals surface area contributed by atoms with E-state index in [1.54, 1.807) is 0 Å². The quantitative estimate of drug-likeness (QED) is 0.684. The second-order valence-electron chi connectivity index (χ2n) is 4.29. The molecule has 13 heavy (non-hydrogen) atoms. The van der Waals surface area contributed by atoms with Gasteiger partial charge < -0.3 is 10.8 Å². The molecule has 0 radical (unpaired) electrons. The molecule has 0 aromatic heterocycles. The van der Waals surface area contributed by atoms with Crippen molar-refractivity contribution in [1.29, 1.82) is 0 Å². The summed E-state index contributed by atoms with van der Waals surface area (Å²) in [5, 5.41) is 8.57. The van der Waals surface area contributed by atoms with Gasteiger partial charge in [0.05, 0.1) is 0 Å². The van der Waals surface area contributed by atoms with Crippen LogP contribution >= 0.6 is 0 Å². The van der Waals surface area contributed by atoms with E-state index in [-0.39, 0.29) is 18.4 Å². The molecule has 1 rings (SSSR count). The number of nitrogens with two attached hydrogens (primary N) is 1. The Morgan fingerprint density at radius 3 is 2.62 bits per heavy atom. The molecule has 0 heterocycles. The Morgan fingerprint density at radius 1 is 1.62 bits per heavy atom. The van der Waals surface area contributed by atoms with Gasteiger partial charge in [-0.05, 0) is 31.1 Å². The smallest absolute Gasteiger partial charge is 0.303 e. The van der Waals surface area contributed by atoms with Crippen molar-refractivity contribution in [2.75, 3.05) is 0 Å². The molecule has 1 saturated carbocycles. The van der Waals surface area contributed by atoms with Crippen molar-refractivity contribution in [1.82, 2.24) is 0 Å². The van der Waals surface area contributed by atoms with Gasteiger partial charge in [0, 0.05) is 12.5 Å². The molecular formula is C10H19NO2. The number of aliphatic carboxylic acids is 1. The van der Waals surface area contributed by atoms with E-state index in [0.29, 0.717) is 5.92 Å². The zero-order valence-corrected chi connectivity index (χ0v) is 8.20. The summed E-state index contributed by atoms with van der Waals surface area (Å²) in [6.45, 7) is 1.96. The second kappa shape index (κ2) is 4.61. The molecule has 0 spiro atoms. The van der Waals surface area contributed by atoms with Gasteiger partial charge in [-0.25, -0.2) is 0 Å². The number of hydrogen-bond donors (Lipinski definition) is 2. The molecule has 0 bridgehead atoms. The minimum absolute atomic E-state index is 0.216. The standard InChI is InChI=1S/C10H19NO2/c1-7(6-10(12)13)5-9(11)8-3-2-4-8/h7-9H,2-6,11H2,1H3,(H,12,13)/t7-,9+/m0/s1. The first kappa shape index (κ1) is 10.5. The highest BCUT2D eigenvalue weighted by Gasteiger charge is 2.25. The Balaban J connectivity index is 2.18. The average Bonchev–Trinajstić information content (AvgIpc) is 1.78. The summed E-state index contributed by atoms with van der Waals surface area (Å²) >= 11 is 0. The first-order valence-corrected chi connectivity index (χ1v) is 5.07. The lowest BCUT2D eigenvalue weighted by molar-refractivity contribution is -0.138. The van der Waals surface area contributed by atoms with Crippen LogP contribution in [0.1, 0.15) is 39.0 Å².